The van der Waals surface area contributed by atoms with E-state index in [9.17, 15) is 4.39 Å². The first-order chi connectivity index (χ1) is 14.7. The maximum Gasteiger partial charge on any atom is 0.163 e. The van der Waals surface area contributed by atoms with Crippen LogP contribution in [0.1, 0.15) is 18.2 Å². The van der Waals surface area contributed by atoms with E-state index in [4.69, 9.17) is 4.42 Å². The number of aromatic nitrogens is 1. The van der Waals surface area contributed by atoms with Crippen LogP contribution in [0.5, 0.6) is 0 Å². The summed E-state index contributed by atoms with van der Waals surface area (Å²) >= 11 is 1.66. The molecule has 3 heterocycles. The van der Waals surface area contributed by atoms with Gasteiger partial charge in [-0.2, -0.15) is 0 Å². The smallest absolute Gasteiger partial charge is 0.163 e. The van der Waals surface area contributed by atoms with E-state index in [1.165, 1.54) is 10.8 Å². The molecule has 0 unspecified atom stereocenters. The fraction of sp³-hybridized carbons (Fsp3) is 0.292. The van der Waals surface area contributed by atoms with Crippen LogP contribution in [0, 0.1) is 5.82 Å². The number of hydrogen-bond acceptors (Lipinski definition) is 5. The van der Waals surface area contributed by atoms with Crippen LogP contribution >= 0.6 is 11.3 Å². The topological polar surface area (TPSA) is 32.5 Å². The second kappa shape index (κ2) is 8.30. The number of hydrogen-bond donors (Lipinski definition) is 0. The lowest BCUT2D eigenvalue weighted by molar-refractivity contribution is 0.0677. The van der Waals surface area contributed by atoms with Crippen LogP contribution in [0.2, 0.25) is 0 Å². The van der Waals surface area contributed by atoms with E-state index in [0.29, 0.717) is 12.6 Å². The van der Waals surface area contributed by atoms with Crippen LogP contribution < -0.4 is 0 Å². The summed E-state index contributed by atoms with van der Waals surface area (Å²) in [5.41, 5.74) is 1.78. The molecule has 4 aromatic rings. The molecule has 0 N–H and O–H groups in total. The van der Waals surface area contributed by atoms with Gasteiger partial charge in [0.25, 0.3) is 0 Å². The Labute approximate surface area is 179 Å². The van der Waals surface area contributed by atoms with Gasteiger partial charge in [-0.3, -0.25) is 9.80 Å². The molecule has 30 heavy (non-hydrogen) atoms. The molecule has 0 radical (unpaired) electrons. The molecule has 1 atom stereocenters. The minimum absolute atomic E-state index is 0.120. The Morgan fingerprint density at radius 1 is 1.03 bits per heavy atom. The van der Waals surface area contributed by atoms with Gasteiger partial charge in [-0.1, -0.05) is 30.3 Å². The number of halogens is 1. The Hall–Kier alpha value is -2.54. The summed E-state index contributed by atoms with van der Waals surface area (Å²) in [5.74, 6) is 1.67. The molecule has 4 nitrogen and oxygen atoms in total. The maximum absolute atomic E-state index is 14.0. The van der Waals surface area contributed by atoms with Gasteiger partial charge in [0.05, 0.1) is 16.8 Å². The van der Waals surface area contributed by atoms with E-state index >= 15 is 0 Å². The summed E-state index contributed by atoms with van der Waals surface area (Å²) in [5, 5.41) is 0.921. The summed E-state index contributed by atoms with van der Waals surface area (Å²) in [7, 11) is 0. The predicted molar refractivity (Wildman–Crippen MR) is 119 cm³/mol. The van der Waals surface area contributed by atoms with Crippen LogP contribution in [0.15, 0.2) is 65.1 Å². The van der Waals surface area contributed by atoms with E-state index in [2.05, 4.69) is 33.8 Å². The molecule has 0 saturated carbocycles. The number of benzene rings is 2. The fourth-order valence-electron chi connectivity index (χ4n) is 4.07. The van der Waals surface area contributed by atoms with Gasteiger partial charge in [-0.25, -0.2) is 9.37 Å². The van der Waals surface area contributed by atoms with Crippen molar-refractivity contribution in [2.45, 2.75) is 26.1 Å². The summed E-state index contributed by atoms with van der Waals surface area (Å²) in [6.45, 7) is 6.44. The van der Waals surface area contributed by atoms with Crippen LogP contribution in [-0.2, 0) is 13.1 Å². The Balaban J connectivity index is 1.22. The lowest BCUT2D eigenvalue weighted by atomic mass is 10.1. The number of nitrogens with zero attached hydrogens (tertiary/aromatic N) is 3. The summed E-state index contributed by atoms with van der Waals surface area (Å²) in [6.07, 6.45) is 0. The van der Waals surface area contributed by atoms with Crippen LogP contribution in [0.25, 0.3) is 21.0 Å². The van der Waals surface area contributed by atoms with Crippen molar-refractivity contribution in [3.8, 4) is 10.8 Å². The van der Waals surface area contributed by atoms with Crippen molar-refractivity contribution in [2.24, 2.45) is 0 Å². The third-order valence-corrected chi connectivity index (χ3v) is 6.78. The van der Waals surface area contributed by atoms with Crippen molar-refractivity contribution in [2.75, 3.05) is 19.6 Å². The van der Waals surface area contributed by atoms with Crippen molar-refractivity contribution in [3.05, 3.63) is 77.8 Å². The number of para-hydroxylation sites is 1. The van der Waals surface area contributed by atoms with E-state index in [-0.39, 0.29) is 5.82 Å². The molecule has 1 fully saturated rings. The lowest BCUT2D eigenvalue weighted by Crippen LogP contribution is -2.50. The van der Waals surface area contributed by atoms with Gasteiger partial charge < -0.3 is 4.42 Å². The number of thiazole rings is 1. The lowest BCUT2D eigenvalue weighted by Gasteiger charge is -2.39. The highest BCUT2D eigenvalue weighted by Gasteiger charge is 2.25. The first kappa shape index (κ1) is 19.4. The molecule has 6 heteroatoms. The SMILES string of the molecule is C[C@@H]1CN(Cc2ccccc2F)CCN1Cc1ccc(-c2nc3ccccc3s2)o1. The molecule has 1 saturated heterocycles. The van der Waals surface area contributed by atoms with Crippen LogP contribution in [0.3, 0.4) is 0 Å². The van der Waals surface area contributed by atoms with Gasteiger partial charge in [-0.05, 0) is 37.3 Å². The van der Waals surface area contributed by atoms with Gasteiger partial charge in [0.2, 0.25) is 0 Å². The largest absolute Gasteiger partial charge is 0.457 e. The molecule has 5 rings (SSSR count). The zero-order valence-corrected chi connectivity index (χ0v) is 17.7. The molecular formula is C24H24FN3OS. The zero-order chi connectivity index (χ0) is 20.5. The standard InChI is InChI=1S/C24H24FN3OS/c1-17-14-27(15-18-6-2-3-7-20(18)25)12-13-28(17)16-19-10-11-22(29-19)24-26-21-8-4-5-9-23(21)30-24/h2-11,17H,12-16H2,1H3/t17-/m1/s1. The Morgan fingerprint density at radius 3 is 2.70 bits per heavy atom. The molecule has 0 spiro atoms. The van der Waals surface area contributed by atoms with Crippen molar-refractivity contribution >= 4 is 21.6 Å². The van der Waals surface area contributed by atoms with Gasteiger partial charge in [0, 0.05) is 37.8 Å². The van der Waals surface area contributed by atoms with Gasteiger partial charge in [0.1, 0.15) is 11.6 Å². The minimum Gasteiger partial charge on any atom is -0.457 e. The van der Waals surface area contributed by atoms with Gasteiger partial charge >= 0.3 is 0 Å². The molecule has 1 aliphatic heterocycles. The molecule has 1 aliphatic rings. The molecule has 0 aliphatic carbocycles. The van der Waals surface area contributed by atoms with Crippen molar-refractivity contribution in [1.29, 1.82) is 0 Å². The third-order valence-electron chi connectivity index (χ3n) is 5.73. The van der Waals surface area contributed by atoms with Crippen molar-refractivity contribution < 1.29 is 8.81 Å². The Bertz CT molecular complexity index is 1120. The van der Waals surface area contributed by atoms with Gasteiger partial charge in [-0.15, -0.1) is 11.3 Å². The average molecular weight is 422 g/mol. The molecular weight excluding hydrogens is 397 g/mol. The fourth-order valence-corrected chi connectivity index (χ4v) is 5.00. The highest BCUT2D eigenvalue weighted by molar-refractivity contribution is 7.21. The zero-order valence-electron chi connectivity index (χ0n) is 16.9. The highest BCUT2D eigenvalue weighted by atomic mass is 32.1. The first-order valence-corrected chi connectivity index (χ1v) is 11.1. The van der Waals surface area contributed by atoms with E-state index in [1.54, 1.807) is 17.4 Å². The van der Waals surface area contributed by atoms with Crippen molar-refractivity contribution in [1.82, 2.24) is 14.8 Å². The van der Waals surface area contributed by atoms with E-state index in [1.807, 2.05) is 36.4 Å². The number of fused-ring (bicyclic) bond motifs is 1. The minimum atomic E-state index is -0.120. The molecule has 2 aromatic carbocycles. The predicted octanol–water partition coefficient (Wildman–Crippen LogP) is 5.40. The van der Waals surface area contributed by atoms with Crippen LogP contribution in [-0.4, -0.2) is 40.5 Å². The molecule has 0 bridgehead atoms. The molecule has 0 amide bonds. The summed E-state index contributed by atoms with van der Waals surface area (Å²) in [4.78, 5) is 9.45. The molecule has 154 valence electrons. The van der Waals surface area contributed by atoms with Gasteiger partial charge in [0.15, 0.2) is 10.8 Å². The summed E-state index contributed by atoms with van der Waals surface area (Å²) in [6, 6.07) is 19.7. The number of rotatable bonds is 5. The van der Waals surface area contributed by atoms with Crippen molar-refractivity contribution in [3.63, 3.8) is 0 Å². The second-order valence-electron chi connectivity index (χ2n) is 7.90. The molecule has 2 aromatic heterocycles. The average Bonchev–Trinajstić information content (AvgIpc) is 3.38. The van der Waals surface area contributed by atoms with E-state index < -0.39 is 0 Å². The van der Waals surface area contributed by atoms with E-state index in [0.717, 1.165) is 53.8 Å². The number of furan rings is 1. The quantitative estimate of drug-likeness (QED) is 0.432. The Kier molecular flexibility index (Phi) is 5.37. The normalized spacial score (nSPS) is 18.3. The third kappa shape index (κ3) is 4.03. The monoisotopic (exact) mass is 421 g/mol. The highest BCUT2D eigenvalue weighted by Crippen LogP contribution is 2.31. The van der Waals surface area contributed by atoms with Crippen LogP contribution in [0.4, 0.5) is 4.39 Å². The number of piperazine rings is 1. The maximum atomic E-state index is 14.0. The second-order valence-corrected chi connectivity index (χ2v) is 8.93. The Morgan fingerprint density at radius 2 is 1.87 bits per heavy atom. The first-order valence-electron chi connectivity index (χ1n) is 10.3. The summed E-state index contributed by atoms with van der Waals surface area (Å²) < 4.78 is 21.3.